The highest BCUT2D eigenvalue weighted by molar-refractivity contribution is 5.74. The van der Waals surface area contributed by atoms with Crippen LogP contribution in [0.1, 0.15) is 12.5 Å². The Morgan fingerprint density at radius 1 is 1.12 bits per heavy atom. The molecule has 1 aromatic carbocycles. The molecule has 1 fully saturated rings. The van der Waals surface area contributed by atoms with Gasteiger partial charge in [0.2, 0.25) is 5.95 Å². The Balaban J connectivity index is 1.66. The Bertz CT molecular complexity index is 1200. The molecule has 172 valence electrons. The molecule has 0 saturated carbocycles. The van der Waals surface area contributed by atoms with Crippen LogP contribution in [0.5, 0.6) is 5.75 Å². The van der Waals surface area contributed by atoms with E-state index in [0.717, 1.165) is 11.0 Å². The molecule has 2 aromatic heterocycles. The number of morpholine rings is 1. The summed E-state index contributed by atoms with van der Waals surface area (Å²) in [5.74, 6) is 1.21. The molecule has 1 unspecified atom stereocenters. The summed E-state index contributed by atoms with van der Waals surface area (Å²) in [6.45, 7) is 4.53. The molecule has 0 bridgehead atoms. The van der Waals surface area contributed by atoms with E-state index in [1.54, 1.807) is 11.6 Å². The quantitative estimate of drug-likeness (QED) is 0.559. The predicted molar refractivity (Wildman–Crippen MR) is 121 cm³/mol. The largest absolute Gasteiger partial charge is 0.491 e. The van der Waals surface area contributed by atoms with Gasteiger partial charge < -0.3 is 24.0 Å². The molecule has 32 heavy (non-hydrogen) atoms. The lowest BCUT2D eigenvalue weighted by Gasteiger charge is -2.28. The Hall–Kier alpha value is -3.11. The van der Waals surface area contributed by atoms with Crippen LogP contribution in [0.3, 0.4) is 0 Å². The Morgan fingerprint density at radius 2 is 1.81 bits per heavy atom. The Labute approximate surface area is 185 Å². The fourth-order valence-corrected chi connectivity index (χ4v) is 3.89. The number of nitrogens with zero attached hydrogens (tertiary/aromatic N) is 5. The van der Waals surface area contributed by atoms with Gasteiger partial charge in [-0.15, -0.1) is 0 Å². The minimum Gasteiger partial charge on any atom is -0.491 e. The van der Waals surface area contributed by atoms with Crippen LogP contribution in [0.2, 0.25) is 0 Å². The third-order valence-electron chi connectivity index (χ3n) is 5.79. The molecule has 1 N–H and O–H groups in total. The van der Waals surface area contributed by atoms with Crippen molar-refractivity contribution < 1.29 is 14.6 Å². The van der Waals surface area contributed by atoms with E-state index in [4.69, 9.17) is 9.47 Å². The van der Waals surface area contributed by atoms with Gasteiger partial charge in [0.25, 0.3) is 5.56 Å². The Kier molecular flexibility index (Phi) is 6.33. The SMILES string of the molecule is CCc1ccc(OCC(O)Cn2c(N3CCOCC3)nc3c2c(=O)n(C)c(=O)n3C)cc1. The van der Waals surface area contributed by atoms with E-state index in [2.05, 4.69) is 11.9 Å². The van der Waals surface area contributed by atoms with Crippen molar-refractivity contribution in [2.24, 2.45) is 14.1 Å². The van der Waals surface area contributed by atoms with Gasteiger partial charge in [0, 0.05) is 27.2 Å². The number of ether oxygens (including phenoxy) is 2. The van der Waals surface area contributed by atoms with Crippen molar-refractivity contribution in [3.63, 3.8) is 0 Å². The predicted octanol–water partition coefficient (Wildman–Crippen LogP) is 0.273. The number of aryl methyl sites for hydroxylation is 2. The maximum Gasteiger partial charge on any atom is 0.332 e. The summed E-state index contributed by atoms with van der Waals surface area (Å²) in [5, 5.41) is 10.8. The van der Waals surface area contributed by atoms with E-state index >= 15 is 0 Å². The monoisotopic (exact) mass is 443 g/mol. The van der Waals surface area contributed by atoms with Crippen molar-refractivity contribution in [2.45, 2.75) is 26.0 Å². The van der Waals surface area contributed by atoms with Gasteiger partial charge in [-0.05, 0) is 24.1 Å². The second kappa shape index (κ2) is 9.17. The molecule has 4 rings (SSSR count). The van der Waals surface area contributed by atoms with E-state index in [1.165, 1.54) is 17.2 Å². The summed E-state index contributed by atoms with van der Waals surface area (Å²) in [6, 6.07) is 7.74. The number of anilines is 1. The van der Waals surface area contributed by atoms with Crippen LogP contribution < -0.4 is 20.9 Å². The first-order valence-corrected chi connectivity index (χ1v) is 10.8. The number of benzene rings is 1. The highest BCUT2D eigenvalue weighted by atomic mass is 16.5. The number of aromatic nitrogens is 4. The lowest BCUT2D eigenvalue weighted by molar-refractivity contribution is 0.0927. The summed E-state index contributed by atoms with van der Waals surface area (Å²) in [7, 11) is 3.03. The number of hydrogen-bond acceptors (Lipinski definition) is 7. The normalized spacial score (nSPS) is 15.3. The first-order chi connectivity index (χ1) is 15.4. The van der Waals surface area contributed by atoms with Gasteiger partial charge in [0.1, 0.15) is 18.5 Å². The second-order valence-corrected chi connectivity index (χ2v) is 7.96. The fourth-order valence-electron chi connectivity index (χ4n) is 3.89. The van der Waals surface area contributed by atoms with E-state index in [-0.39, 0.29) is 18.7 Å². The smallest absolute Gasteiger partial charge is 0.332 e. The zero-order chi connectivity index (χ0) is 22.8. The molecule has 1 aliphatic rings. The first kappa shape index (κ1) is 22.1. The number of hydrogen-bond donors (Lipinski definition) is 1. The van der Waals surface area contributed by atoms with Gasteiger partial charge in [0.15, 0.2) is 11.2 Å². The van der Waals surface area contributed by atoms with Crippen molar-refractivity contribution in [1.82, 2.24) is 18.7 Å². The lowest BCUT2D eigenvalue weighted by Crippen LogP contribution is -2.39. The minimum absolute atomic E-state index is 0.0553. The molecule has 1 atom stereocenters. The highest BCUT2D eigenvalue weighted by Gasteiger charge is 2.25. The zero-order valence-corrected chi connectivity index (χ0v) is 18.7. The molecule has 1 saturated heterocycles. The van der Waals surface area contributed by atoms with Gasteiger partial charge in [-0.1, -0.05) is 19.1 Å². The van der Waals surface area contributed by atoms with Gasteiger partial charge in [-0.25, -0.2) is 4.79 Å². The molecular formula is C22H29N5O5. The lowest BCUT2D eigenvalue weighted by atomic mass is 10.2. The van der Waals surface area contributed by atoms with Gasteiger partial charge >= 0.3 is 5.69 Å². The molecular weight excluding hydrogens is 414 g/mol. The molecule has 10 nitrogen and oxygen atoms in total. The average molecular weight is 444 g/mol. The van der Waals surface area contributed by atoms with Crippen molar-refractivity contribution in [2.75, 3.05) is 37.8 Å². The van der Waals surface area contributed by atoms with Gasteiger partial charge in [-0.2, -0.15) is 4.98 Å². The first-order valence-electron chi connectivity index (χ1n) is 10.8. The van der Waals surface area contributed by atoms with Crippen LogP contribution in [-0.2, 0) is 31.8 Å². The third-order valence-corrected chi connectivity index (χ3v) is 5.79. The molecule has 0 spiro atoms. The van der Waals surface area contributed by atoms with Gasteiger partial charge in [-0.3, -0.25) is 13.9 Å². The van der Waals surface area contributed by atoms with Crippen molar-refractivity contribution in [1.29, 1.82) is 0 Å². The molecule has 1 aliphatic heterocycles. The van der Waals surface area contributed by atoms with Gasteiger partial charge in [0.05, 0.1) is 19.8 Å². The van der Waals surface area contributed by atoms with Crippen molar-refractivity contribution in [3.8, 4) is 5.75 Å². The van der Waals surface area contributed by atoms with Crippen LogP contribution in [0.15, 0.2) is 33.9 Å². The van der Waals surface area contributed by atoms with Crippen LogP contribution in [-0.4, -0.2) is 62.8 Å². The van der Waals surface area contributed by atoms with Crippen LogP contribution in [0, 0.1) is 0 Å². The topological polar surface area (TPSA) is 104 Å². The molecule has 10 heteroatoms. The molecule has 3 heterocycles. The van der Waals surface area contributed by atoms with Crippen molar-refractivity contribution in [3.05, 3.63) is 50.7 Å². The zero-order valence-electron chi connectivity index (χ0n) is 18.7. The number of aliphatic hydroxyl groups excluding tert-OH is 1. The standard InChI is InChI=1S/C22H29N5O5/c1-4-15-5-7-17(8-6-15)32-14-16(28)13-27-18-19(24(2)22(30)25(3)20(18)29)23-21(27)26-9-11-31-12-10-26/h5-8,16,28H,4,9-14H2,1-3H3. The second-order valence-electron chi connectivity index (χ2n) is 7.96. The van der Waals surface area contributed by atoms with Crippen LogP contribution in [0.4, 0.5) is 5.95 Å². The number of fused-ring (bicyclic) bond motifs is 1. The minimum atomic E-state index is -0.889. The summed E-state index contributed by atoms with van der Waals surface area (Å²) < 4.78 is 15.3. The Morgan fingerprint density at radius 3 is 2.47 bits per heavy atom. The van der Waals surface area contributed by atoms with E-state index in [1.807, 2.05) is 29.2 Å². The fraction of sp³-hybridized carbons (Fsp3) is 0.500. The van der Waals surface area contributed by atoms with Crippen LogP contribution >= 0.6 is 0 Å². The van der Waals surface area contributed by atoms with E-state index < -0.39 is 17.4 Å². The summed E-state index contributed by atoms with van der Waals surface area (Å²) in [6.07, 6.45) is 0.0539. The molecule has 3 aromatic rings. The third kappa shape index (κ3) is 4.15. The molecule has 0 aliphatic carbocycles. The summed E-state index contributed by atoms with van der Waals surface area (Å²) in [4.78, 5) is 32.0. The number of rotatable bonds is 7. The maximum absolute atomic E-state index is 13.0. The molecule has 0 radical (unpaired) electrons. The molecule has 0 amide bonds. The number of imidazole rings is 1. The highest BCUT2D eigenvalue weighted by Crippen LogP contribution is 2.21. The van der Waals surface area contributed by atoms with Crippen LogP contribution in [0.25, 0.3) is 11.2 Å². The maximum atomic E-state index is 13.0. The van der Waals surface area contributed by atoms with E-state index in [0.29, 0.717) is 43.6 Å². The average Bonchev–Trinajstić information content (AvgIpc) is 3.20. The summed E-state index contributed by atoms with van der Waals surface area (Å²) in [5.41, 5.74) is 0.892. The van der Waals surface area contributed by atoms with Crippen molar-refractivity contribution >= 4 is 17.1 Å². The number of aliphatic hydroxyl groups is 1. The summed E-state index contributed by atoms with van der Waals surface area (Å²) >= 11 is 0. The van der Waals surface area contributed by atoms with E-state index in [9.17, 15) is 14.7 Å².